The van der Waals surface area contributed by atoms with Gasteiger partial charge in [-0.3, -0.25) is 4.79 Å². The van der Waals surface area contributed by atoms with Crippen LogP contribution in [0.4, 0.5) is 0 Å². The molecule has 0 atom stereocenters. The van der Waals surface area contributed by atoms with Gasteiger partial charge in [-0.05, 0) is 48.2 Å². The summed E-state index contributed by atoms with van der Waals surface area (Å²) in [6.45, 7) is 0. The number of rotatable bonds is 3. The number of amides is 1. The van der Waals surface area contributed by atoms with E-state index in [1.807, 2.05) is 30.3 Å². The second-order valence-electron chi connectivity index (χ2n) is 4.88. The highest BCUT2D eigenvalue weighted by atomic mass is 16.3. The van der Waals surface area contributed by atoms with E-state index in [0.717, 1.165) is 24.0 Å². The third-order valence-corrected chi connectivity index (χ3v) is 3.22. The molecule has 2 N–H and O–H groups in total. The van der Waals surface area contributed by atoms with E-state index in [4.69, 9.17) is 0 Å². The second-order valence-corrected chi connectivity index (χ2v) is 4.88. The molecule has 3 rings (SSSR count). The first-order chi connectivity index (χ1) is 9.22. The van der Waals surface area contributed by atoms with Crippen molar-refractivity contribution in [3.05, 3.63) is 54.1 Å². The normalized spacial score (nSPS) is 14.1. The molecule has 0 unspecified atom stereocenters. The second kappa shape index (κ2) is 4.76. The number of phenols is 1. The number of carbonyl (C=O) groups excluding carboxylic acids is 1. The van der Waals surface area contributed by atoms with Crippen LogP contribution in [0.3, 0.4) is 0 Å². The lowest BCUT2D eigenvalue weighted by atomic mass is 10.0. The van der Waals surface area contributed by atoms with Gasteiger partial charge in [0.25, 0.3) is 5.91 Å². The lowest BCUT2D eigenvalue weighted by Gasteiger charge is -2.06. The van der Waals surface area contributed by atoms with E-state index < -0.39 is 0 Å². The number of nitrogens with one attached hydrogen (secondary N) is 1. The average Bonchev–Trinajstić information content (AvgIpc) is 3.23. The van der Waals surface area contributed by atoms with Crippen LogP contribution in [0.2, 0.25) is 0 Å². The fourth-order valence-corrected chi connectivity index (χ4v) is 2.02. The largest absolute Gasteiger partial charge is 0.508 e. The van der Waals surface area contributed by atoms with Crippen LogP contribution in [0.25, 0.3) is 11.1 Å². The molecule has 0 aliphatic heterocycles. The highest BCUT2D eigenvalue weighted by Crippen LogP contribution is 2.24. The smallest absolute Gasteiger partial charge is 0.251 e. The Labute approximate surface area is 111 Å². The van der Waals surface area contributed by atoms with Crippen molar-refractivity contribution in [2.75, 3.05) is 0 Å². The number of hydrogen-bond donors (Lipinski definition) is 2. The third-order valence-electron chi connectivity index (χ3n) is 3.22. The van der Waals surface area contributed by atoms with Gasteiger partial charge in [0.05, 0.1) is 0 Å². The molecule has 19 heavy (non-hydrogen) atoms. The monoisotopic (exact) mass is 253 g/mol. The van der Waals surface area contributed by atoms with Gasteiger partial charge < -0.3 is 10.4 Å². The van der Waals surface area contributed by atoms with E-state index >= 15 is 0 Å². The van der Waals surface area contributed by atoms with Crippen molar-refractivity contribution < 1.29 is 9.90 Å². The minimum absolute atomic E-state index is 0.0236. The van der Waals surface area contributed by atoms with E-state index in [1.165, 1.54) is 0 Å². The van der Waals surface area contributed by atoms with Crippen molar-refractivity contribution in [2.24, 2.45) is 0 Å². The van der Waals surface area contributed by atoms with Crippen molar-refractivity contribution in [2.45, 2.75) is 18.9 Å². The lowest BCUT2D eigenvalue weighted by Crippen LogP contribution is -2.25. The van der Waals surface area contributed by atoms with E-state index in [0.29, 0.717) is 11.6 Å². The van der Waals surface area contributed by atoms with Crippen LogP contribution in [0.1, 0.15) is 23.2 Å². The Balaban J connectivity index is 1.88. The average molecular weight is 253 g/mol. The predicted octanol–water partition coefficient (Wildman–Crippen LogP) is 2.95. The summed E-state index contributed by atoms with van der Waals surface area (Å²) in [6, 6.07) is 14.8. The van der Waals surface area contributed by atoms with Gasteiger partial charge in [0.1, 0.15) is 5.75 Å². The Kier molecular flexibility index (Phi) is 2.95. The molecule has 3 heteroatoms. The first-order valence-electron chi connectivity index (χ1n) is 6.43. The van der Waals surface area contributed by atoms with Crippen molar-refractivity contribution in [3.8, 4) is 16.9 Å². The Bertz CT molecular complexity index is 618. The molecule has 3 nitrogen and oxygen atoms in total. The van der Waals surface area contributed by atoms with Gasteiger partial charge >= 0.3 is 0 Å². The van der Waals surface area contributed by atoms with Crippen molar-refractivity contribution in [3.63, 3.8) is 0 Å². The molecule has 1 saturated carbocycles. The molecule has 0 radical (unpaired) electrons. The van der Waals surface area contributed by atoms with Crippen molar-refractivity contribution in [1.82, 2.24) is 5.32 Å². The summed E-state index contributed by atoms with van der Waals surface area (Å²) in [5, 5.41) is 12.5. The SMILES string of the molecule is O=C(NC1CC1)c1cccc(-c2cccc(O)c2)c1. The van der Waals surface area contributed by atoms with Crippen LogP contribution in [0.15, 0.2) is 48.5 Å². The molecule has 0 heterocycles. The first kappa shape index (κ1) is 11.8. The molecule has 0 saturated heterocycles. The molecule has 0 aromatic heterocycles. The zero-order valence-electron chi connectivity index (χ0n) is 10.5. The van der Waals surface area contributed by atoms with E-state index in [2.05, 4.69) is 5.32 Å². The Hall–Kier alpha value is -2.29. The number of hydrogen-bond acceptors (Lipinski definition) is 2. The summed E-state index contributed by atoms with van der Waals surface area (Å²) in [4.78, 5) is 12.0. The molecule has 1 fully saturated rings. The standard InChI is InChI=1S/C16H15NO2/c18-15-6-2-4-12(10-15)11-3-1-5-13(9-11)16(19)17-14-7-8-14/h1-6,9-10,14,18H,7-8H2,(H,17,19). The van der Waals surface area contributed by atoms with Gasteiger partial charge in [0, 0.05) is 11.6 Å². The quantitative estimate of drug-likeness (QED) is 0.883. The van der Waals surface area contributed by atoms with Gasteiger partial charge in [-0.2, -0.15) is 0 Å². The van der Waals surface area contributed by atoms with Gasteiger partial charge in [0.15, 0.2) is 0 Å². The van der Waals surface area contributed by atoms with Gasteiger partial charge in [-0.1, -0.05) is 24.3 Å². The molecule has 2 aromatic rings. The van der Waals surface area contributed by atoms with E-state index in [1.54, 1.807) is 18.2 Å². The zero-order chi connectivity index (χ0) is 13.2. The highest BCUT2D eigenvalue weighted by molar-refractivity contribution is 5.95. The van der Waals surface area contributed by atoms with Gasteiger partial charge in [-0.25, -0.2) is 0 Å². The summed E-state index contributed by atoms with van der Waals surface area (Å²) in [5.41, 5.74) is 2.49. The fraction of sp³-hybridized carbons (Fsp3) is 0.188. The molecular formula is C16H15NO2. The molecule has 1 aliphatic carbocycles. The molecule has 2 aromatic carbocycles. The van der Waals surface area contributed by atoms with E-state index in [-0.39, 0.29) is 11.7 Å². The predicted molar refractivity (Wildman–Crippen MR) is 74.0 cm³/mol. The zero-order valence-corrected chi connectivity index (χ0v) is 10.5. The van der Waals surface area contributed by atoms with E-state index in [9.17, 15) is 9.90 Å². The number of carbonyl (C=O) groups is 1. The number of phenolic OH excluding ortho intramolecular Hbond substituents is 1. The number of benzene rings is 2. The summed E-state index contributed by atoms with van der Waals surface area (Å²) < 4.78 is 0. The lowest BCUT2D eigenvalue weighted by molar-refractivity contribution is 0.0951. The van der Waals surface area contributed by atoms with Crippen LogP contribution in [-0.2, 0) is 0 Å². The minimum atomic E-state index is -0.0236. The van der Waals surface area contributed by atoms with Crippen molar-refractivity contribution in [1.29, 1.82) is 0 Å². The van der Waals surface area contributed by atoms with Crippen LogP contribution in [0.5, 0.6) is 5.75 Å². The maximum absolute atomic E-state index is 12.0. The van der Waals surface area contributed by atoms with Gasteiger partial charge in [-0.15, -0.1) is 0 Å². The molecule has 1 amide bonds. The Morgan fingerprint density at radius 2 is 1.74 bits per heavy atom. The molecule has 0 spiro atoms. The maximum Gasteiger partial charge on any atom is 0.251 e. The molecule has 1 aliphatic rings. The summed E-state index contributed by atoms with van der Waals surface area (Å²) >= 11 is 0. The van der Waals surface area contributed by atoms with Crippen LogP contribution in [-0.4, -0.2) is 17.1 Å². The third kappa shape index (κ3) is 2.76. The Morgan fingerprint density at radius 3 is 2.42 bits per heavy atom. The summed E-state index contributed by atoms with van der Waals surface area (Å²) in [6.07, 6.45) is 2.16. The Morgan fingerprint density at radius 1 is 1.05 bits per heavy atom. The highest BCUT2D eigenvalue weighted by Gasteiger charge is 2.23. The van der Waals surface area contributed by atoms with Crippen molar-refractivity contribution >= 4 is 5.91 Å². The number of aromatic hydroxyl groups is 1. The molecule has 96 valence electrons. The first-order valence-corrected chi connectivity index (χ1v) is 6.43. The fourth-order valence-electron chi connectivity index (χ4n) is 2.02. The molecular weight excluding hydrogens is 238 g/mol. The van der Waals surface area contributed by atoms with Gasteiger partial charge in [0.2, 0.25) is 0 Å². The maximum atomic E-state index is 12.0. The molecule has 0 bridgehead atoms. The summed E-state index contributed by atoms with van der Waals surface area (Å²) in [5.74, 6) is 0.204. The van der Waals surface area contributed by atoms with Crippen LogP contribution in [0, 0.1) is 0 Å². The van der Waals surface area contributed by atoms with Crippen LogP contribution >= 0.6 is 0 Å². The topological polar surface area (TPSA) is 49.3 Å². The summed E-state index contributed by atoms with van der Waals surface area (Å²) in [7, 11) is 0. The van der Waals surface area contributed by atoms with Crippen LogP contribution < -0.4 is 5.32 Å². The minimum Gasteiger partial charge on any atom is -0.508 e.